The standard InChI is InChI=1S/C23H28N2O2/c1-17(2)27-20-10-8-19(9-11-20)23(12-4-5-13-23)22(26)25-15-18(16-25)21-7-3-6-14-24-21/h3,6-11,14,17-18H,4-5,12-13,15-16H2,1-2H3. The van der Waals surface area contributed by atoms with Crippen molar-refractivity contribution >= 4 is 5.91 Å². The highest BCUT2D eigenvalue weighted by Gasteiger charge is 2.47. The molecule has 4 heteroatoms. The molecule has 0 bridgehead atoms. The van der Waals surface area contributed by atoms with Crippen LogP contribution in [0.2, 0.25) is 0 Å². The lowest BCUT2D eigenvalue weighted by atomic mass is 9.76. The van der Waals surface area contributed by atoms with Gasteiger partial charge in [-0.25, -0.2) is 0 Å². The lowest BCUT2D eigenvalue weighted by Gasteiger charge is -2.44. The van der Waals surface area contributed by atoms with Crippen LogP contribution in [0, 0.1) is 0 Å². The van der Waals surface area contributed by atoms with E-state index in [-0.39, 0.29) is 11.5 Å². The summed E-state index contributed by atoms with van der Waals surface area (Å²) >= 11 is 0. The molecule has 4 rings (SSSR count). The summed E-state index contributed by atoms with van der Waals surface area (Å²) in [7, 11) is 0. The number of amides is 1. The molecule has 4 nitrogen and oxygen atoms in total. The Morgan fingerprint density at radius 1 is 1.11 bits per heavy atom. The molecule has 1 aliphatic heterocycles. The van der Waals surface area contributed by atoms with E-state index in [0.717, 1.165) is 55.8 Å². The Morgan fingerprint density at radius 3 is 2.41 bits per heavy atom. The van der Waals surface area contributed by atoms with E-state index >= 15 is 0 Å². The Morgan fingerprint density at radius 2 is 1.81 bits per heavy atom. The third kappa shape index (κ3) is 3.45. The summed E-state index contributed by atoms with van der Waals surface area (Å²) in [5.74, 6) is 1.54. The molecule has 0 unspecified atom stereocenters. The minimum atomic E-state index is -0.356. The van der Waals surface area contributed by atoms with Crippen molar-refractivity contribution in [1.29, 1.82) is 0 Å². The Kier molecular flexibility index (Phi) is 4.90. The second-order valence-electron chi connectivity index (χ2n) is 8.14. The van der Waals surface area contributed by atoms with Crippen LogP contribution in [0.25, 0.3) is 0 Å². The molecule has 27 heavy (non-hydrogen) atoms. The fourth-order valence-electron chi connectivity index (χ4n) is 4.48. The number of nitrogens with zero attached hydrogens (tertiary/aromatic N) is 2. The van der Waals surface area contributed by atoms with Gasteiger partial charge in [0.25, 0.3) is 0 Å². The number of carbonyl (C=O) groups is 1. The first kappa shape index (κ1) is 18.0. The van der Waals surface area contributed by atoms with Gasteiger partial charge in [0.2, 0.25) is 5.91 Å². The Bertz CT molecular complexity index is 774. The summed E-state index contributed by atoms with van der Waals surface area (Å²) in [6, 6.07) is 14.2. The predicted octanol–water partition coefficient (Wildman–Crippen LogP) is 4.31. The van der Waals surface area contributed by atoms with Gasteiger partial charge in [-0.2, -0.15) is 0 Å². The Balaban J connectivity index is 1.50. The maximum atomic E-state index is 13.5. The van der Waals surface area contributed by atoms with E-state index in [4.69, 9.17) is 4.74 Å². The van der Waals surface area contributed by atoms with Gasteiger partial charge in [-0.1, -0.05) is 31.0 Å². The number of hydrogen-bond donors (Lipinski definition) is 0. The van der Waals surface area contributed by atoms with Crippen molar-refractivity contribution < 1.29 is 9.53 Å². The van der Waals surface area contributed by atoms with Crippen molar-refractivity contribution in [2.45, 2.75) is 57.0 Å². The van der Waals surface area contributed by atoms with Gasteiger partial charge in [0, 0.05) is 30.9 Å². The third-order valence-electron chi connectivity index (χ3n) is 5.92. The smallest absolute Gasteiger partial charge is 0.233 e. The van der Waals surface area contributed by atoms with E-state index in [1.54, 1.807) is 0 Å². The number of likely N-dealkylation sites (tertiary alicyclic amines) is 1. The van der Waals surface area contributed by atoms with E-state index in [1.165, 1.54) is 0 Å². The molecule has 1 aliphatic carbocycles. The molecule has 1 aromatic carbocycles. The van der Waals surface area contributed by atoms with Crippen LogP contribution in [0.15, 0.2) is 48.7 Å². The quantitative estimate of drug-likeness (QED) is 0.794. The minimum Gasteiger partial charge on any atom is -0.491 e. The molecular weight excluding hydrogens is 336 g/mol. The average Bonchev–Trinajstić information content (AvgIpc) is 3.12. The number of ether oxygens (including phenoxy) is 1. The van der Waals surface area contributed by atoms with E-state index in [9.17, 15) is 4.79 Å². The molecule has 1 aromatic heterocycles. The topological polar surface area (TPSA) is 42.4 Å². The Labute approximate surface area is 161 Å². The van der Waals surface area contributed by atoms with Crippen LogP contribution in [-0.2, 0) is 10.2 Å². The number of pyridine rings is 1. The molecular formula is C23H28N2O2. The maximum Gasteiger partial charge on any atom is 0.233 e. The first-order chi connectivity index (χ1) is 13.1. The molecule has 0 spiro atoms. The highest BCUT2D eigenvalue weighted by Crippen LogP contribution is 2.44. The van der Waals surface area contributed by atoms with Gasteiger partial charge in [0.1, 0.15) is 5.75 Å². The zero-order valence-electron chi connectivity index (χ0n) is 16.2. The summed E-state index contributed by atoms with van der Waals surface area (Å²) in [6.07, 6.45) is 6.12. The van der Waals surface area contributed by atoms with Crippen molar-refractivity contribution in [2.75, 3.05) is 13.1 Å². The van der Waals surface area contributed by atoms with Crippen molar-refractivity contribution in [3.8, 4) is 5.75 Å². The summed E-state index contributed by atoms with van der Waals surface area (Å²) in [5, 5.41) is 0. The molecule has 142 valence electrons. The number of carbonyl (C=O) groups excluding carboxylic acids is 1. The van der Waals surface area contributed by atoms with Crippen molar-refractivity contribution in [3.05, 3.63) is 59.9 Å². The van der Waals surface area contributed by atoms with Crippen molar-refractivity contribution in [2.24, 2.45) is 0 Å². The van der Waals surface area contributed by atoms with Gasteiger partial charge in [-0.05, 0) is 56.5 Å². The van der Waals surface area contributed by atoms with Crippen LogP contribution in [0.3, 0.4) is 0 Å². The van der Waals surface area contributed by atoms with Crippen molar-refractivity contribution in [3.63, 3.8) is 0 Å². The first-order valence-corrected chi connectivity index (χ1v) is 10.1. The highest BCUT2D eigenvalue weighted by molar-refractivity contribution is 5.89. The molecule has 0 radical (unpaired) electrons. The molecule has 0 atom stereocenters. The van der Waals surface area contributed by atoms with Crippen molar-refractivity contribution in [1.82, 2.24) is 9.88 Å². The fraction of sp³-hybridized carbons (Fsp3) is 0.478. The van der Waals surface area contributed by atoms with Gasteiger partial charge < -0.3 is 9.64 Å². The largest absolute Gasteiger partial charge is 0.491 e. The molecule has 1 amide bonds. The number of benzene rings is 1. The van der Waals surface area contributed by atoms with E-state index < -0.39 is 0 Å². The maximum absolute atomic E-state index is 13.5. The molecule has 0 N–H and O–H groups in total. The molecule has 2 aliphatic rings. The van der Waals surface area contributed by atoms with Gasteiger partial charge in [-0.3, -0.25) is 9.78 Å². The highest BCUT2D eigenvalue weighted by atomic mass is 16.5. The molecule has 2 fully saturated rings. The summed E-state index contributed by atoms with van der Waals surface area (Å²) in [4.78, 5) is 19.9. The molecule has 1 saturated heterocycles. The van der Waals surface area contributed by atoms with E-state index in [2.05, 4.69) is 23.2 Å². The van der Waals surface area contributed by atoms with Crippen LogP contribution >= 0.6 is 0 Å². The summed E-state index contributed by atoms with van der Waals surface area (Å²) in [6.45, 7) is 5.62. The second-order valence-corrected chi connectivity index (χ2v) is 8.14. The van der Waals surface area contributed by atoms with Gasteiger partial charge in [-0.15, -0.1) is 0 Å². The molecule has 2 heterocycles. The van der Waals surface area contributed by atoms with Crippen LogP contribution in [0.1, 0.15) is 56.7 Å². The summed E-state index contributed by atoms with van der Waals surface area (Å²) in [5.41, 5.74) is 1.88. The average molecular weight is 364 g/mol. The van der Waals surface area contributed by atoms with Crippen LogP contribution < -0.4 is 4.74 Å². The first-order valence-electron chi connectivity index (χ1n) is 10.1. The monoisotopic (exact) mass is 364 g/mol. The Hall–Kier alpha value is -2.36. The second kappa shape index (κ2) is 7.34. The zero-order valence-corrected chi connectivity index (χ0v) is 16.2. The SMILES string of the molecule is CC(C)Oc1ccc(C2(C(=O)N3CC(c4ccccn4)C3)CCCC2)cc1. The fourth-order valence-corrected chi connectivity index (χ4v) is 4.48. The van der Waals surface area contributed by atoms with Crippen LogP contribution in [-0.4, -0.2) is 35.0 Å². The number of hydrogen-bond acceptors (Lipinski definition) is 3. The predicted molar refractivity (Wildman–Crippen MR) is 106 cm³/mol. The van der Waals surface area contributed by atoms with Gasteiger partial charge >= 0.3 is 0 Å². The van der Waals surface area contributed by atoms with Gasteiger partial charge in [0.05, 0.1) is 11.5 Å². The third-order valence-corrected chi connectivity index (χ3v) is 5.92. The lowest BCUT2D eigenvalue weighted by Crippen LogP contribution is -2.55. The number of aromatic nitrogens is 1. The normalized spacial score (nSPS) is 19.1. The van der Waals surface area contributed by atoms with E-state index in [0.29, 0.717) is 11.8 Å². The zero-order chi connectivity index (χ0) is 18.9. The number of rotatable bonds is 5. The molecule has 1 saturated carbocycles. The minimum absolute atomic E-state index is 0.155. The van der Waals surface area contributed by atoms with E-state index in [1.807, 2.05) is 49.2 Å². The van der Waals surface area contributed by atoms with Crippen LogP contribution in [0.5, 0.6) is 5.75 Å². The van der Waals surface area contributed by atoms with Gasteiger partial charge in [0.15, 0.2) is 0 Å². The van der Waals surface area contributed by atoms with Crippen LogP contribution in [0.4, 0.5) is 0 Å². The lowest BCUT2D eigenvalue weighted by molar-refractivity contribution is -0.142. The molecule has 2 aromatic rings. The summed E-state index contributed by atoms with van der Waals surface area (Å²) < 4.78 is 5.77.